The summed E-state index contributed by atoms with van der Waals surface area (Å²) in [4.78, 5) is 0.140. The van der Waals surface area contributed by atoms with Crippen LogP contribution in [0.25, 0.3) is 5.57 Å². The van der Waals surface area contributed by atoms with Crippen LogP contribution in [0.2, 0.25) is 5.02 Å². The third kappa shape index (κ3) is 5.37. The van der Waals surface area contributed by atoms with Crippen molar-refractivity contribution in [3.8, 4) is 0 Å². The molecule has 112 valence electrons. The molecule has 0 atom stereocenters. The highest BCUT2D eigenvalue weighted by Gasteiger charge is 2.12. The first kappa shape index (κ1) is 17.5. The Hall–Kier alpha value is -1.58. The van der Waals surface area contributed by atoms with Crippen molar-refractivity contribution < 1.29 is 8.42 Å². The molecule has 0 N–H and O–H groups in total. The van der Waals surface area contributed by atoms with Crippen molar-refractivity contribution in [2.24, 2.45) is 0 Å². The maximum atomic E-state index is 11.6. The van der Waals surface area contributed by atoms with Crippen LogP contribution >= 0.6 is 11.6 Å². The molecule has 0 aliphatic carbocycles. The van der Waals surface area contributed by atoms with Crippen LogP contribution in [0.1, 0.15) is 18.4 Å². The van der Waals surface area contributed by atoms with E-state index in [1.54, 1.807) is 18.2 Å². The summed E-state index contributed by atoms with van der Waals surface area (Å²) < 4.78 is 23.1. The van der Waals surface area contributed by atoms with E-state index in [9.17, 15) is 8.42 Å². The van der Waals surface area contributed by atoms with Gasteiger partial charge in [-0.05, 0) is 36.1 Å². The van der Waals surface area contributed by atoms with Crippen LogP contribution in [-0.4, -0.2) is 14.7 Å². The lowest BCUT2D eigenvalue weighted by Crippen LogP contribution is -1.98. The van der Waals surface area contributed by atoms with Crippen LogP contribution in [0.5, 0.6) is 0 Å². The number of sulfone groups is 1. The van der Waals surface area contributed by atoms with Gasteiger partial charge in [0, 0.05) is 6.26 Å². The van der Waals surface area contributed by atoms with E-state index in [4.69, 9.17) is 11.6 Å². The molecule has 0 saturated carbocycles. The number of hydrogen-bond acceptors (Lipinski definition) is 2. The van der Waals surface area contributed by atoms with E-state index >= 15 is 0 Å². The van der Waals surface area contributed by atoms with E-state index in [1.807, 2.05) is 24.3 Å². The summed E-state index contributed by atoms with van der Waals surface area (Å²) in [7, 11) is -3.31. The zero-order chi connectivity index (χ0) is 15.9. The minimum Gasteiger partial charge on any atom is -0.224 e. The molecule has 0 unspecified atom stereocenters. The monoisotopic (exact) mass is 322 g/mol. The Morgan fingerprint density at radius 2 is 2.00 bits per heavy atom. The highest BCUT2D eigenvalue weighted by atomic mass is 35.5. The highest BCUT2D eigenvalue weighted by molar-refractivity contribution is 7.90. The maximum absolute atomic E-state index is 11.6. The summed E-state index contributed by atoms with van der Waals surface area (Å²) in [6, 6.07) is 4.93. The Bertz CT molecular complexity index is 683. The van der Waals surface area contributed by atoms with Crippen LogP contribution in [0.4, 0.5) is 0 Å². The van der Waals surface area contributed by atoms with Gasteiger partial charge in [0.25, 0.3) is 0 Å². The molecule has 0 bridgehead atoms. The van der Waals surface area contributed by atoms with Gasteiger partial charge in [0.2, 0.25) is 0 Å². The number of halogens is 1. The number of rotatable bonds is 7. The van der Waals surface area contributed by atoms with E-state index in [1.165, 1.54) is 6.07 Å². The molecule has 0 heterocycles. The van der Waals surface area contributed by atoms with E-state index in [0.717, 1.165) is 30.2 Å². The number of unbranched alkanes of at least 4 members (excludes halogenated alkanes) is 1. The lowest BCUT2D eigenvalue weighted by Gasteiger charge is -2.07. The van der Waals surface area contributed by atoms with Gasteiger partial charge in [0.05, 0.1) is 9.92 Å². The fraction of sp³-hybridized carbons (Fsp3) is 0.176. The van der Waals surface area contributed by atoms with Crippen LogP contribution in [0.15, 0.2) is 66.6 Å². The molecule has 0 aromatic heterocycles. The summed E-state index contributed by atoms with van der Waals surface area (Å²) in [6.45, 7) is 7.37. The Labute approximate surface area is 132 Å². The molecule has 1 aromatic carbocycles. The molecule has 0 fully saturated rings. The summed E-state index contributed by atoms with van der Waals surface area (Å²) in [5.41, 5.74) is 1.78. The molecule has 0 spiro atoms. The van der Waals surface area contributed by atoms with Gasteiger partial charge in [-0.3, -0.25) is 0 Å². The minimum absolute atomic E-state index is 0.140. The summed E-state index contributed by atoms with van der Waals surface area (Å²) in [6.07, 6.45) is 12.4. The first-order valence-corrected chi connectivity index (χ1v) is 8.77. The lowest BCUT2D eigenvalue weighted by molar-refractivity contribution is 0.602. The Kier molecular flexibility index (Phi) is 6.66. The predicted octanol–water partition coefficient (Wildman–Crippen LogP) is 4.84. The van der Waals surface area contributed by atoms with E-state index in [2.05, 4.69) is 13.2 Å². The molecule has 0 amide bonds. The van der Waals surface area contributed by atoms with Gasteiger partial charge in [0.15, 0.2) is 9.84 Å². The molecule has 1 rings (SSSR count). The molecule has 4 heteroatoms. The van der Waals surface area contributed by atoms with Crippen LogP contribution < -0.4 is 0 Å². The second kappa shape index (κ2) is 8.01. The maximum Gasteiger partial charge on any atom is 0.176 e. The lowest BCUT2D eigenvalue weighted by atomic mass is 10.0. The Morgan fingerprint density at radius 1 is 1.29 bits per heavy atom. The zero-order valence-corrected chi connectivity index (χ0v) is 13.6. The molecule has 2 nitrogen and oxygen atoms in total. The molecule has 0 saturated heterocycles. The second-order valence-corrected chi connectivity index (χ2v) is 6.93. The van der Waals surface area contributed by atoms with E-state index in [-0.39, 0.29) is 9.92 Å². The van der Waals surface area contributed by atoms with Gasteiger partial charge < -0.3 is 0 Å². The van der Waals surface area contributed by atoms with E-state index < -0.39 is 9.84 Å². The minimum atomic E-state index is -3.31. The third-order valence-electron chi connectivity index (χ3n) is 2.80. The molecular weight excluding hydrogens is 304 g/mol. The number of allylic oxidation sites excluding steroid dienone is 6. The summed E-state index contributed by atoms with van der Waals surface area (Å²) >= 11 is 6.07. The number of hydrogen-bond donors (Lipinski definition) is 0. The largest absolute Gasteiger partial charge is 0.224 e. The average molecular weight is 323 g/mol. The molecule has 21 heavy (non-hydrogen) atoms. The van der Waals surface area contributed by atoms with Gasteiger partial charge in [-0.15, -0.1) is 6.58 Å². The Balaban J connectivity index is 3.14. The number of benzene rings is 1. The average Bonchev–Trinajstić information content (AvgIpc) is 2.40. The van der Waals surface area contributed by atoms with Gasteiger partial charge in [-0.2, -0.15) is 0 Å². The topological polar surface area (TPSA) is 34.1 Å². The molecular formula is C17H19ClO2S. The quantitative estimate of drug-likeness (QED) is 0.409. The van der Waals surface area contributed by atoms with Crippen molar-refractivity contribution in [2.45, 2.75) is 17.7 Å². The SMILES string of the molecule is C=C/C=C(\C=C\CCC=C)c1ccc(S(C)(=O)=O)c(Cl)c1. The first-order valence-electron chi connectivity index (χ1n) is 6.50. The highest BCUT2D eigenvalue weighted by Crippen LogP contribution is 2.26. The van der Waals surface area contributed by atoms with Crippen LogP contribution in [0, 0.1) is 0 Å². The zero-order valence-electron chi connectivity index (χ0n) is 12.0. The smallest absolute Gasteiger partial charge is 0.176 e. The standard InChI is InChI=1S/C17H19ClO2S/c1-4-6-7-8-10-14(9-5-2)15-11-12-17(16(18)13-15)21(3,19)20/h4-5,8-13H,1-2,6-7H2,3H3/b10-8+,14-9+. The van der Waals surface area contributed by atoms with Gasteiger partial charge in [0.1, 0.15) is 0 Å². The van der Waals surface area contributed by atoms with E-state index in [0.29, 0.717) is 0 Å². The molecule has 1 aromatic rings. The van der Waals surface area contributed by atoms with Crippen molar-refractivity contribution in [3.05, 3.63) is 72.3 Å². The fourth-order valence-corrected chi connectivity index (χ4v) is 3.11. The van der Waals surface area contributed by atoms with Crippen LogP contribution in [0.3, 0.4) is 0 Å². The van der Waals surface area contributed by atoms with Gasteiger partial charge in [-0.1, -0.05) is 54.6 Å². The van der Waals surface area contributed by atoms with Crippen LogP contribution in [-0.2, 0) is 9.84 Å². The third-order valence-corrected chi connectivity index (χ3v) is 4.38. The summed E-state index contributed by atoms with van der Waals surface area (Å²) in [5, 5.41) is 0.226. The van der Waals surface area contributed by atoms with Crippen molar-refractivity contribution in [3.63, 3.8) is 0 Å². The van der Waals surface area contributed by atoms with Crippen molar-refractivity contribution in [1.82, 2.24) is 0 Å². The predicted molar refractivity (Wildman–Crippen MR) is 91.3 cm³/mol. The van der Waals surface area contributed by atoms with Crippen molar-refractivity contribution >= 4 is 27.0 Å². The normalized spacial score (nSPS) is 12.6. The fourth-order valence-electron chi connectivity index (χ4n) is 1.78. The first-order chi connectivity index (χ1) is 9.90. The Morgan fingerprint density at radius 3 is 2.52 bits per heavy atom. The molecule has 0 aliphatic rings. The van der Waals surface area contributed by atoms with Gasteiger partial charge in [-0.25, -0.2) is 8.42 Å². The summed E-state index contributed by atoms with van der Waals surface area (Å²) in [5.74, 6) is 0. The van der Waals surface area contributed by atoms with Crippen molar-refractivity contribution in [2.75, 3.05) is 6.26 Å². The molecule has 0 radical (unpaired) electrons. The van der Waals surface area contributed by atoms with Crippen molar-refractivity contribution in [1.29, 1.82) is 0 Å². The molecule has 0 aliphatic heterocycles. The van der Waals surface area contributed by atoms with Gasteiger partial charge >= 0.3 is 0 Å². The second-order valence-electron chi connectivity index (χ2n) is 4.54.